The van der Waals surface area contributed by atoms with Crippen LogP contribution >= 0.6 is 0 Å². The molecule has 2 heterocycles. The maximum absolute atomic E-state index is 5.23. The van der Waals surface area contributed by atoms with Crippen molar-refractivity contribution in [2.45, 2.75) is 32.3 Å². The zero-order valence-electron chi connectivity index (χ0n) is 7.72. The molecule has 3 nitrogen and oxygen atoms in total. The molecule has 0 saturated carbocycles. The normalized spacial score (nSPS) is 22.8. The van der Waals surface area contributed by atoms with Gasteiger partial charge in [-0.25, -0.2) is 0 Å². The van der Waals surface area contributed by atoms with Gasteiger partial charge in [0, 0.05) is 16.7 Å². The zero-order chi connectivity index (χ0) is 8.77. The van der Waals surface area contributed by atoms with Crippen molar-refractivity contribution in [2.24, 2.45) is 0 Å². The second-order valence-electron chi connectivity index (χ2n) is 4.27. The highest BCUT2D eigenvalue weighted by molar-refractivity contribution is 5.27. The molecule has 0 radical (unpaired) electrons. The van der Waals surface area contributed by atoms with Crippen LogP contribution in [0, 0.1) is 0 Å². The molecule has 0 amide bonds. The van der Waals surface area contributed by atoms with Crippen molar-refractivity contribution >= 4 is 0 Å². The molecule has 1 atom stereocenters. The SMILES string of the molecule is CC(C)(C)c1[nH]ncc1C1CO1. The summed E-state index contributed by atoms with van der Waals surface area (Å²) in [5, 5.41) is 7.08. The van der Waals surface area contributed by atoms with E-state index in [1.165, 1.54) is 11.3 Å². The standard InChI is InChI=1S/C9H14N2O/c1-9(2,3)8-6(4-10-11-8)7-5-12-7/h4,7H,5H2,1-3H3,(H,10,11). The van der Waals surface area contributed by atoms with Crippen molar-refractivity contribution in [1.29, 1.82) is 0 Å². The van der Waals surface area contributed by atoms with Gasteiger partial charge in [0.15, 0.2) is 0 Å². The number of aromatic amines is 1. The smallest absolute Gasteiger partial charge is 0.109 e. The molecule has 0 aromatic carbocycles. The van der Waals surface area contributed by atoms with Gasteiger partial charge in [0.25, 0.3) is 0 Å². The Balaban J connectivity index is 2.36. The minimum Gasteiger partial charge on any atom is -0.368 e. The maximum atomic E-state index is 5.23. The van der Waals surface area contributed by atoms with Crippen LogP contribution < -0.4 is 0 Å². The van der Waals surface area contributed by atoms with E-state index >= 15 is 0 Å². The van der Waals surface area contributed by atoms with E-state index in [1.54, 1.807) is 0 Å². The summed E-state index contributed by atoms with van der Waals surface area (Å²) in [5.74, 6) is 0. The van der Waals surface area contributed by atoms with Gasteiger partial charge >= 0.3 is 0 Å². The quantitative estimate of drug-likeness (QED) is 0.646. The van der Waals surface area contributed by atoms with E-state index in [2.05, 4.69) is 31.0 Å². The fraction of sp³-hybridized carbons (Fsp3) is 0.667. The van der Waals surface area contributed by atoms with Crippen molar-refractivity contribution < 1.29 is 4.74 Å². The minimum atomic E-state index is 0.137. The van der Waals surface area contributed by atoms with E-state index in [-0.39, 0.29) is 5.41 Å². The molecule has 1 unspecified atom stereocenters. The van der Waals surface area contributed by atoms with Gasteiger partial charge in [0.1, 0.15) is 6.10 Å². The first-order valence-electron chi connectivity index (χ1n) is 4.24. The van der Waals surface area contributed by atoms with Crippen LogP contribution in [-0.4, -0.2) is 16.8 Å². The van der Waals surface area contributed by atoms with Crippen molar-refractivity contribution in [2.75, 3.05) is 6.61 Å². The Morgan fingerprint density at radius 1 is 1.58 bits per heavy atom. The topological polar surface area (TPSA) is 41.2 Å². The molecule has 0 bridgehead atoms. The molecule has 66 valence electrons. The number of nitrogens with zero attached hydrogens (tertiary/aromatic N) is 1. The van der Waals surface area contributed by atoms with Crippen molar-refractivity contribution in [3.05, 3.63) is 17.5 Å². The average molecular weight is 166 g/mol. The van der Waals surface area contributed by atoms with Gasteiger partial charge in [-0.2, -0.15) is 5.10 Å². The summed E-state index contributed by atoms with van der Waals surface area (Å²) in [5.41, 5.74) is 2.56. The highest BCUT2D eigenvalue weighted by atomic mass is 16.6. The summed E-state index contributed by atoms with van der Waals surface area (Å²) in [6.45, 7) is 7.37. The lowest BCUT2D eigenvalue weighted by Gasteiger charge is -2.17. The Labute approximate surface area is 72.1 Å². The van der Waals surface area contributed by atoms with Crippen molar-refractivity contribution in [3.63, 3.8) is 0 Å². The fourth-order valence-electron chi connectivity index (χ4n) is 1.37. The Morgan fingerprint density at radius 2 is 2.25 bits per heavy atom. The molecule has 1 fully saturated rings. The highest BCUT2D eigenvalue weighted by Crippen LogP contribution is 2.35. The van der Waals surface area contributed by atoms with Gasteiger partial charge in [-0.15, -0.1) is 0 Å². The first-order chi connectivity index (χ1) is 5.59. The van der Waals surface area contributed by atoms with Crippen LogP contribution in [0.5, 0.6) is 0 Å². The van der Waals surface area contributed by atoms with Gasteiger partial charge in [0.05, 0.1) is 12.8 Å². The fourth-order valence-corrected chi connectivity index (χ4v) is 1.37. The predicted octanol–water partition coefficient (Wildman–Crippen LogP) is 1.78. The Bertz CT molecular complexity index is 281. The molecule has 1 aromatic rings. The van der Waals surface area contributed by atoms with Crippen LogP contribution in [0.15, 0.2) is 6.20 Å². The third-order valence-electron chi connectivity index (χ3n) is 2.10. The van der Waals surface area contributed by atoms with Gasteiger partial charge in [0.2, 0.25) is 0 Å². The third-order valence-corrected chi connectivity index (χ3v) is 2.10. The maximum Gasteiger partial charge on any atom is 0.109 e. The van der Waals surface area contributed by atoms with Gasteiger partial charge < -0.3 is 4.74 Å². The number of epoxide rings is 1. The summed E-state index contributed by atoms with van der Waals surface area (Å²) >= 11 is 0. The third kappa shape index (κ3) is 1.25. The zero-order valence-corrected chi connectivity index (χ0v) is 7.72. The largest absolute Gasteiger partial charge is 0.368 e. The lowest BCUT2D eigenvalue weighted by molar-refractivity contribution is 0.410. The molecule has 1 aliphatic rings. The number of aromatic nitrogens is 2. The molecule has 3 heteroatoms. The van der Waals surface area contributed by atoms with E-state index < -0.39 is 0 Å². The van der Waals surface area contributed by atoms with Crippen molar-refractivity contribution in [1.82, 2.24) is 10.2 Å². The summed E-state index contributed by atoms with van der Waals surface area (Å²) in [4.78, 5) is 0. The van der Waals surface area contributed by atoms with Crippen molar-refractivity contribution in [3.8, 4) is 0 Å². The number of hydrogen-bond donors (Lipinski definition) is 1. The van der Waals surface area contributed by atoms with E-state index in [0.717, 1.165) is 6.61 Å². The van der Waals surface area contributed by atoms with E-state index in [4.69, 9.17) is 4.74 Å². The van der Waals surface area contributed by atoms with Gasteiger partial charge in [-0.1, -0.05) is 20.8 Å². The number of ether oxygens (including phenoxy) is 1. The molecule has 1 N–H and O–H groups in total. The first-order valence-corrected chi connectivity index (χ1v) is 4.24. The average Bonchev–Trinajstić information content (AvgIpc) is 2.65. The summed E-state index contributed by atoms with van der Waals surface area (Å²) < 4.78 is 5.23. The molecule has 0 spiro atoms. The molecular formula is C9H14N2O. The predicted molar refractivity (Wildman–Crippen MR) is 46.0 cm³/mol. The number of rotatable bonds is 1. The molecule has 1 aromatic heterocycles. The molecule has 1 saturated heterocycles. The van der Waals surface area contributed by atoms with E-state index in [0.29, 0.717) is 6.10 Å². The Hall–Kier alpha value is -0.830. The monoisotopic (exact) mass is 166 g/mol. The summed E-state index contributed by atoms with van der Waals surface area (Å²) in [6, 6.07) is 0. The lowest BCUT2D eigenvalue weighted by Crippen LogP contribution is -2.14. The number of H-pyrrole nitrogens is 1. The summed E-state index contributed by atoms with van der Waals surface area (Å²) in [6.07, 6.45) is 2.18. The number of hydrogen-bond acceptors (Lipinski definition) is 2. The van der Waals surface area contributed by atoms with Crippen LogP contribution in [0.3, 0.4) is 0 Å². The van der Waals surface area contributed by atoms with Crippen LogP contribution in [0.2, 0.25) is 0 Å². The number of nitrogens with one attached hydrogen (secondary N) is 1. The molecule has 1 aliphatic heterocycles. The first kappa shape index (κ1) is 7.80. The Morgan fingerprint density at radius 3 is 2.75 bits per heavy atom. The van der Waals surface area contributed by atoms with Crippen LogP contribution in [0.1, 0.15) is 38.1 Å². The molecule has 2 rings (SSSR count). The lowest BCUT2D eigenvalue weighted by atomic mass is 9.89. The second kappa shape index (κ2) is 2.33. The van der Waals surface area contributed by atoms with Crippen LogP contribution in [-0.2, 0) is 10.2 Å². The molecule has 0 aliphatic carbocycles. The minimum absolute atomic E-state index is 0.137. The second-order valence-corrected chi connectivity index (χ2v) is 4.27. The molecular weight excluding hydrogens is 152 g/mol. The Kier molecular flexibility index (Phi) is 1.51. The highest BCUT2D eigenvalue weighted by Gasteiger charge is 2.32. The van der Waals surface area contributed by atoms with Gasteiger partial charge in [-0.05, 0) is 0 Å². The molecule has 12 heavy (non-hydrogen) atoms. The van der Waals surface area contributed by atoms with E-state index in [9.17, 15) is 0 Å². The summed E-state index contributed by atoms with van der Waals surface area (Å²) in [7, 11) is 0. The van der Waals surface area contributed by atoms with Crippen LogP contribution in [0.4, 0.5) is 0 Å². The van der Waals surface area contributed by atoms with Gasteiger partial charge in [-0.3, -0.25) is 5.10 Å². The van der Waals surface area contributed by atoms with Crippen LogP contribution in [0.25, 0.3) is 0 Å². The van der Waals surface area contributed by atoms with E-state index in [1.807, 2.05) is 6.20 Å².